The lowest BCUT2D eigenvalue weighted by atomic mass is 10.0. The van der Waals surface area contributed by atoms with Crippen molar-refractivity contribution in [3.05, 3.63) is 64.8 Å². The SMILES string of the molecule is COC(=O)[C@@H](Cc1c[nH]c2ccccc12)NC(=O)COc1cccc(Br)c1. The highest BCUT2D eigenvalue weighted by Gasteiger charge is 2.23. The van der Waals surface area contributed by atoms with Gasteiger partial charge in [-0.2, -0.15) is 0 Å². The van der Waals surface area contributed by atoms with E-state index in [2.05, 4.69) is 26.2 Å². The Balaban J connectivity index is 1.66. The lowest BCUT2D eigenvalue weighted by Gasteiger charge is -2.16. The number of carbonyl (C=O) groups is 2. The third-order valence-corrected chi connectivity index (χ3v) is 4.58. The van der Waals surface area contributed by atoms with Gasteiger partial charge in [0.15, 0.2) is 6.61 Å². The van der Waals surface area contributed by atoms with Gasteiger partial charge in [-0.05, 0) is 29.8 Å². The van der Waals surface area contributed by atoms with Crippen LogP contribution in [0.1, 0.15) is 5.56 Å². The number of aromatic amines is 1. The number of fused-ring (bicyclic) bond motifs is 1. The van der Waals surface area contributed by atoms with E-state index < -0.39 is 17.9 Å². The summed E-state index contributed by atoms with van der Waals surface area (Å²) in [4.78, 5) is 27.6. The van der Waals surface area contributed by atoms with Crippen LogP contribution in [0.4, 0.5) is 0 Å². The summed E-state index contributed by atoms with van der Waals surface area (Å²) >= 11 is 3.35. The van der Waals surface area contributed by atoms with Crippen molar-refractivity contribution in [2.24, 2.45) is 0 Å². The molecule has 0 fully saturated rings. The summed E-state index contributed by atoms with van der Waals surface area (Å²) in [5, 5.41) is 3.70. The van der Waals surface area contributed by atoms with Crippen molar-refractivity contribution < 1.29 is 19.1 Å². The number of halogens is 1. The first-order valence-corrected chi connectivity index (χ1v) is 9.16. The second kappa shape index (κ2) is 8.73. The van der Waals surface area contributed by atoms with Gasteiger partial charge in [-0.3, -0.25) is 4.79 Å². The molecule has 27 heavy (non-hydrogen) atoms. The molecular formula is C20H19BrN2O4. The van der Waals surface area contributed by atoms with Gasteiger partial charge >= 0.3 is 5.97 Å². The van der Waals surface area contributed by atoms with E-state index in [1.807, 2.05) is 42.6 Å². The van der Waals surface area contributed by atoms with Crippen LogP contribution in [0, 0.1) is 0 Å². The lowest BCUT2D eigenvalue weighted by Crippen LogP contribution is -2.44. The average Bonchev–Trinajstić information content (AvgIpc) is 3.08. The largest absolute Gasteiger partial charge is 0.484 e. The maximum absolute atomic E-state index is 12.3. The maximum Gasteiger partial charge on any atom is 0.328 e. The molecule has 0 aliphatic heterocycles. The summed E-state index contributed by atoms with van der Waals surface area (Å²) in [6.45, 7) is -0.197. The van der Waals surface area contributed by atoms with Gasteiger partial charge < -0.3 is 19.8 Å². The molecule has 3 aromatic rings. The number of aromatic nitrogens is 1. The standard InChI is InChI=1S/C20H19BrN2O4/c1-26-20(25)18(9-13-11-22-17-8-3-2-7-16(13)17)23-19(24)12-27-15-6-4-5-14(21)10-15/h2-8,10-11,18,22H,9,12H2,1H3,(H,23,24)/t18-/m1/s1. The predicted octanol–water partition coefficient (Wildman–Crippen LogP) is 3.21. The molecule has 0 spiro atoms. The van der Waals surface area contributed by atoms with Crippen LogP contribution in [0.25, 0.3) is 10.9 Å². The fourth-order valence-electron chi connectivity index (χ4n) is 2.80. The zero-order chi connectivity index (χ0) is 19.2. The van der Waals surface area contributed by atoms with Crippen LogP contribution < -0.4 is 10.1 Å². The molecule has 1 aromatic heterocycles. The van der Waals surface area contributed by atoms with E-state index in [4.69, 9.17) is 9.47 Å². The fourth-order valence-corrected chi connectivity index (χ4v) is 3.18. The van der Waals surface area contributed by atoms with Gasteiger partial charge in [-0.25, -0.2) is 4.79 Å². The number of methoxy groups -OCH3 is 1. The first kappa shape index (κ1) is 19.0. The highest BCUT2D eigenvalue weighted by molar-refractivity contribution is 9.10. The quantitative estimate of drug-likeness (QED) is 0.563. The Kier molecular flexibility index (Phi) is 6.13. The van der Waals surface area contributed by atoms with E-state index in [9.17, 15) is 9.59 Å². The molecule has 0 unspecified atom stereocenters. The number of nitrogens with one attached hydrogen (secondary N) is 2. The number of esters is 1. The number of carbonyl (C=O) groups excluding carboxylic acids is 2. The van der Waals surface area contributed by atoms with Gasteiger partial charge in [-0.15, -0.1) is 0 Å². The molecule has 3 rings (SSSR count). The molecule has 1 amide bonds. The van der Waals surface area contributed by atoms with Crippen molar-refractivity contribution >= 4 is 38.7 Å². The summed E-state index contributed by atoms with van der Waals surface area (Å²) in [5.41, 5.74) is 1.90. The minimum atomic E-state index is -0.798. The van der Waals surface area contributed by atoms with Gasteiger partial charge in [0.2, 0.25) is 0 Å². The topological polar surface area (TPSA) is 80.4 Å². The van der Waals surface area contributed by atoms with Crippen LogP contribution in [0.5, 0.6) is 5.75 Å². The Labute approximate surface area is 165 Å². The molecule has 0 aliphatic carbocycles. The van der Waals surface area contributed by atoms with Gasteiger partial charge in [0, 0.05) is 28.0 Å². The highest BCUT2D eigenvalue weighted by atomic mass is 79.9. The number of benzene rings is 2. The van der Waals surface area contributed by atoms with E-state index in [0.29, 0.717) is 12.2 Å². The lowest BCUT2D eigenvalue weighted by molar-refractivity contribution is -0.145. The summed E-state index contributed by atoms with van der Waals surface area (Å²) in [7, 11) is 1.30. The molecule has 2 N–H and O–H groups in total. The van der Waals surface area contributed by atoms with Crippen molar-refractivity contribution in [2.45, 2.75) is 12.5 Å². The van der Waals surface area contributed by atoms with Crippen LogP contribution in [0.2, 0.25) is 0 Å². The Bertz CT molecular complexity index is 954. The van der Waals surface area contributed by atoms with E-state index in [0.717, 1.165) is 20.9 Å². The minimum absolute atomic E-state index is 0.197. The number of amides is 1. The number of ether oxygens (including phenoxy) is 2. The second-order valence-corrected chi connectivity index (χ2v) is 6.87. The monoisotopic (exact) mass is 430 g/mol. The number of para-hydroxylation sites is 1. The Morgan fingerprint density at radius 1 is 1.19 bits per heavy atom. The Hall–Kier alpha value is -2.80. The first-order chi connectivity index (χ1) is 13.1. The normalized spacial score (nSPS) is 11.8. The Morgan fingerprint density at radius 2 is 2.00 bits per heavy atom. The molecule has 0 radical (unpaired) electrons. The molecule has 1 atom stereocenters. The summed E-state index contributed by atoms with van der Waals surface area (Å²) in [6, 6.07) is 14.2. The highest BCUT2D eigenvalue weighted by Crippen LogP contribution is 2.20. The minimum Gasteiger partial charge on any atom is -0.484 e. The van der Waals surface area contributed by atoms with E-state index >= 15 is 0 Å². The van der Waals surface area contributed by atoms with Gasteiger partial charge in [0.25, 0.3) is 5.91 Å². The van der Waals surface area contributed by atoms with Crippen LogP contribution >= 0.6 is 15.9 Å². The molecule has 1 heterocycles. The van der Waals surface area contributed by atoms with Crippen molar-refractivity contribution in [1.82, 2.24) is 10.3 Å². The number of H-pyrrole nitrogens is 1. The zero-order valence-corrected chi connectivity index (χ0v) is 16.3. The van der Waals surface area contributed by atoms with Gasteiger partial charge in [0.1, 0.15) is 11.8 Å². The smallest absolute Gasteiger partial charge is 0.328 e. The molecule has 6 nitrogen and oxygen atoms in total. The van der Waals surface area contributed by atoms with Crippen molar-refractivity contribution in [1.29, 1.82) is 0 Å². The molecule has 140 valence electrons. The number of rotatable bonds is 7. The van der Waals surface area contributed by atoms with E-state index in [-0.39, 0.29) is 6.61 Å². The first-order valence-electron chi connectivity index (χ1n) is 8.37. The van der Waals surface area contributed by atoms with Crippen LogP contribution in [0.15, 0.2) is 59.2 Å². The maximum atomic E-state index is 12.3. The molecular weight excluding hydrogens is 412 g/mol. The molecule has 7 heteroatoms. The van der Waals surface area contributed by atoms with Gasteiger partial charge in [-0.1, -0.05) is 40.2 Å². The summed E-state index contributed by atoms with van der Waals surface area (Å²) in [6.07, 6.45) is 2.16. The summed E-state index contributed by atoms with van der Waals surface area (Å²) < 4.78 is 11.2. The van der Waals surface area contributed by atoms with Gasteiger partial charge in [0.05, 0.1) is 7.11 Å². The summed E-state index contributed by atoms with van der Waals surface area (Å²) in [5.74, 6) is -0.341. The van der Waals surface area contributed by atoms with Crippen molar-refractivity contribution in [3.63, 3.8) is 0 Å². The van der Waals surface area contributed by atoms with Crippen LogP contribution in [-0.2, 0) is 20.7 Å². The fraction of sp³-hybridized carbons (Fsp3) is 0.200. The molecule has 0 aliphatic rings. The van der Waals surface area contributed by atoms with Crippen molar-refractivity contribution in [2.75, 3.05) is 13.7 Å². The average molecular weight is 431 g/mol. The third kappa shape index (κ3) is 4.89. The Morgan fingerprint density at radius 3 is 2.78 bits per heavy atom. The zero-order valence-electron chi connectivity index (χ0n) is 14.7. The number of hydrogen-bond acceptors (Lipinski definition) is 4. The molecule has 0 saturated carbocycles. The number of hydrogen-bond donors (Lipinski definition) is 2. The van der Waals surface area contributed by atoms with Crippen LogP contribution in [0.3, 0.4) is 0 Å². The van der Waals surface area contributed by atoms with E-state index in [1.165, 1.54) is 7.11 Å². The third-order valence-electron chi connectivity index (χ3n) is 4.09. The van der Waals surface area contributed by atoms with E-state index in [1.54, 1.807) is 12.1 Å². The second-order valence-electron chi connectivity index (χ2n) is 5.95. The predicted molar refractivity (Wildman–Crippen MR) is 106 cm³/mol. The molecule has 0 saturated heterocycles. The van der Waals surface area contributed by atoms with Crippen molar-refractivity contribution in [3.8, 4) is 5.75 Å². The molecule has 2 aromatic carbocycles. The van der Waals surface area contributed by atoms with Crippen LogP contribution in [-0.4, -0.2) is 36.6 Å². The molecule has 0 bridgehead atoms.